The first-order valence-electron chi connectivity index (χ1n) is 37.6. The van der Waals surface area contributed by atoms with E-state index in [1.807, 2.05) is 0 Å². The van der Waals surface area contributed by atoms with Crippen LogP contribution in [0.5, 0.6) is 0 Å². The van der Waals surface area contributed by atoms with Crippen LogP contribution in [0.3, 0.4) is 0 Å². The van der Waals surface area contributed by atoms with Crippen LogP contribution in [-0.2, 0) is 65.4 Å². The maximum absolute atomic E-state index is 13.0. The van der Waals surface area contributed by atoms with Gasteiger partial charge in [-0.15, -0.1) is 0 Å². The van der Waals surface area contributed by atoms with E-state index in [0.717, 1.165) is 115 Å². The van der Waals surface area contributed by atoms with Crippen molar-refractivity contribution in [2.24, 2.45) is 11.8 Å². The fourth-order valence-electron chi connectivity index (χ4n) is 10.9. The molecule has 0 radical (unpaired) electrons. The van der Waals surface area contributed by atoms with Gasteiger partial charge in [0.1, 0.15) is 19.3 Å². The standard InChI is InChI=1S/C72H140O17P2/c1-7-11-13-15-17-18-19-20-21-22-26-29-32-36-43-49-55-70(75)83-61-67(88-71(76)56-50-44-37-33-30-27-24-23-25-28-31-35-40-46-52-64(5)9-3)62-86-90(78,79)84-58-66(73)59-85-91(80,81)87-63-68(60-82-69(74)54-48-42-34-16-14-12-8-2)89-72(77)57-51-45-39-38-41-47-53-65(6)10-4/h64-68,73H,7-63H2,1-6H3,(H,78,79)(H,80,81)/t64?,65?,66-,67-,68-/m1/s1. The number of carbonyl (C=O) groups excluding carboxylic acids is 4. The van der Waals surface area contributed by atoms with E-state index in [2.05, 4.69) is 41.5 Å². The first kappa shape index (κ1) is 89.1. The molecule has 0 saturated carbocycles. The number of hydrogen-bond acceptors (Lipinski definition) is 15. The van der Waals surface area contributed by atoms with Gasteiger partial charge in [-0.25, -0.2) is 9.13 Å². The second-order valence-corrected chi connectivity index (χ2v) is 29.4. The zero-order chi connectivity index (χ0) is 67.2. The summed E-state index contributed by atoms with van der Waals surface area (Å²) in [5.41, 5.74) is 0. The molecule has 0 aromatic carbocycles. The molecule has 0 amide bonds. The first-order valence-corrected chi connectivity index (χ1v) is 40.6. The Hall–Kier alpha value is -1.94. The zero-order valence-corrected chi connectivity index (χ0v) is 60.9. The largest absolute Gasteiger partial charge is 0.472 e. The second-order valence-electron chi connectivity index (χ2n) is 26.5. The van der Waals surface area contributed by atoms with Gasteiger partial charge < -0.3 is 33.8 Å². The lowest BCUT2D eigenvalue weighted by Gasteiger charge is -2.21. The van der Waals surface area contributed by atoms with Crippen LogP contribution in [0.4, 0.5) is 0 Å². The average Bonchev–Trinajstić information content (AvgIpc) is 3.54. The predicted molar refractivity (Wildman–Crippen MR) is 368 cm³/mol. The lowest BCUT2D eigenvalue weighted by atomic mass is 9.99. The Morgan fingerprint density at radius 3 is 0.780 bits per heavy atom. The summed E-state index contributed by atoms with van der Waals surface area (Å²) in [7, 11) is -9.90. The molecule has 0 aliphatic carbocycles. The quantitative estimate of drug-likeness (QED) is 0.0222. The van der Waals surface area contributed by atoms with E-state index >= 15 is 0 Å². The van der Waals surface area contributed by atoms with Crippen LogP contribution in [-0.4, -0.2) is 96.7 Å². The van der Waals surface area contributed by atoms with Crippen molar-refractivity contribution in [1.82, 2.24) is 0 Å². The number of unbranched alkanes of at least 4 members (excludes halogenated alkanes) is 39. The Morgan fingerprint density at radius 1 is 0.308 bits per heavy atom. The number of phosphoric acid groups is 2. The Kier molecular flexibility index (Phi) is 62.7. The van der Waals surface area contributed by atoms with Crippen molar-refractivity contribution in [2.75, 3.05) is 39.6 Å². The van der Waals surface area contributed by atoms with Crippen LogP contribution in [0, 0.1) is 11.8 Å². The summed E-state index contributed by atoms with van der Waals surface area (Å²) in [5.74, 6) is -0.562. The van der Waals surface area contributed by atoms with E-state index in [4.69, 9.17) is 37.0 Å². The molecule has 0 bridgehead atoms. The van der Waals surface area contributed by atoms with Gasteiger partial charge in [-0.2, -0.15) is 0 Å². The van der Waals surface area contributed by atoms with Gasteiger partial charge >= 0.3 is 39.5 Å². The Bertz CT molecular complexity index is 1770. The highest BCUT2D eigenvalue weighted by Crippen LogP contribution is 2.45. The molecule has 4 unspecified atom stereocenters. The molecule has 0 aromatic heterocycles. The number of aliphatic hydroxyl groups is 1. The van der Waals surface area contributed by atoms with E-state index in [9.17, 15) is 43.2 Å². The summed E-state index contributed by atoms with van der Waals surface area (Å²) in [5, 5.41) is 10.6. The smallest absolute Gasteiger partial charge is 0.462 e. The molecular weight excluding hydrogens is 1200 g/mol. The predicted octanol–water partition coefficient (Wildman–Crippen LogP) is 20.8. The third kappa shape index (κ3) is 63.9. The summed E-state index contributed by atoms with van der Waals surface area (Å²) < 4.78 is 68.2. The van der Waals surface area contributed by atoms with Crippen LogP contribution in [0.1, 0.15) is 369 Å². The summed E-state index contributed by atoms with van der Waals surface area (Å²) in [6, 6.07) is 0. The maximum atomic E-state index is 13.0. The molecule has 0 saturated heterocycles. The molecule has 3 N–H and O–H groups in total. The molecule has 0 rings (SSSR count). The minimum Gasteiger partial charge on any atom is -0.462 e. The van der Waals surface area contributed by atoms with Gasteiger partial charge in [-0.1, -0.05) is 318 Å². The molecule has 0 aliphatic heterocycles. The average molecular weight is 1340 g/mol. The van der Waals surface area contributed by atoms with Crippen molar-refractivity contribution in [2.45, 2.75) is 387 Å². The first-order chi connectivity index (χ1) is 43.9. The molecule has 19 heteroatoms. The van der Waals surface area contributed by atoms with Crippen LogP contribution in [0.25, 0.3) is 0 Å². The molecule has 17 nitrogen and oxygen atoms in total. The number of esters is 4. The normalized spacial score (nSPS) is 14.7. The Morgan fingerprint density at radius 2 is 0.527 bits per heavy atom. The van der Waals surface area contributed by atoms with Crippen molar-refractivity contribution in [3.63, 3.8) is 0 Å². The third-order valence-corrected chi connectivity index (χ3v) is 19.3. The van der Waals surface area contributed by atoms with Crippen molar-refractivity contribution in [3.8, 4) is 0 Å². The van der Waals surface area contributed by atoms with Gasteiger partial charge in [-0.05, 0) is 37.5 Å². The minimum absolute atomic E-state index is 0.103. The fraction of sp³-hybridized carbons (Fsp3) is 0.944. The van der Waals surface area contributed by atoms with Crippen molar-refractivity contribution < 1.29 is 80.2 Å². The zero-order valence-electron chi connectivity index (χ0n) is 59.1. The van der Waals surface area contributed by atoms with Gasteiger partial charge in [0, 0.05) is 25.7 Å². The highest BCUT2D eigenvalue weighted by molar-refractivity contribution is 7.47. The Balaban J connectivity index is 5.19. The molecule has 0 spiro atoms. The van der Waals surface area contributed by atoms with Gasteiger partial charge in [0.2, 0.25) is 0 Å². The summed E-state index contributed by atoms with van der Waals surface area (Å²) in [4.78, 5) is 72.5. The van der Waals surface area contributed by atoms with E-state index in [-0.39, 0.29) is 25.7 Å². The number of carbonyl (C=O) groups is 4. The van der Waals surface area contributed by atoms with E-state index in [1.54, 1.807) is 0 Å². The topological polar surface area (TPSA) is 237 Å². The SMILES string of the molecule is CCCCCCCCCCCCCCCCCCC(=O)OC[C@H](COP(=O)(O)OC[C@@H](O)COP(=O)(O)OC[C@@H](COC(=O)CCCCCCCCC)OC(=O)CCCCCCCCC(C)CC)OC(=O)CCCCCCCCCCCCCCCCC(C)CC. The van der Waals surface area contributed by atoms with Gasteiger partial charge in [0.15, 0.2) is 12.2 Å². The van der Waals surface area contributed by atoms with Crippen molar-refractivity contribution >= 4 is 39.5 Å². The number of aliphatic hydroxyl groups excluding tert-OH is 1. The third-order valence-electron chi connectivity index (χ3n) is 17.4. The van der Waals surface area contributed by atoms with Crippen molar-refractivity contribution in [1.29, 1.82) is 0 Å². The summed E-state index contributed by atoms with van der Waals surface area (Å²) in [6.07, 6.45) is 50.1. The van der Waals surface area contributed by atoms with Gasteiger partial charge in [0.05, 0.1) is 26.4 Å². The fourth-order valence-corrected chi connectivity index (χ4v) is 12.5. The molecule has 7 atom stereocenters. The van der Waals surface area contributed by atoms with Crippen LogP contribution < -0.4 is 0 Å². The highest BCUT2D eigenvalue weighted by Gasteiger charge is 2.30. The highest BCUT2D eigenvalue weighted by atomic mass is 31.2. The van der Waals surface area contributed by atoms with Gasteiger partial charge in [-0.3, -0.25) is 37.3 Å². The number of rotatable bonds is 71. The molecule has 0 heterocycles. The summed E-state index contributed by atoms with van der Waals surface area (Å²) >= 11 is 0. The maximum Gasteiger partial charge on any atom is 0.472 e. The minimum atomic E-state index is -4.95. The van der Waals surface area contributed by atoms with E-state index in [1.165, 1.54) is 173 Å². The molecule has 540 valence electrons. The van der Waals surface area contributed by atoms with Crippen LogP contribution in [0.15, 0.2) is 0 Å². The second kappa shape index (κ2) is 64.1. The van der Waals surface area contributed by atoms with Gasteiger partial charge in [0.25, 0.3) is 0 Å². The number of ether oxygens (including phenoxy) is 4. The number of hydrogen-bond donors (Lipinski definition) is 3. The Labute approximate surface area is 556 Å². The van der Waals surface area contributed by atoms with Crippen molar-refractivity contribution in [3.05, 3.63) is 0 Å². The lowest BCUT2D eigenvalue weighted by Crippen LogP contribution is -2.30. The molecule has 0 aliphatic rings. The monoisotopic (exact) mass is 1340 g/mol. The molecule has 91 heavy (non-hydrogen) atoms. The van der Waals surface area contributed by atoms with E-state index in [0.29, 0.717) is 25.7 Å². The number of phosphoric ester groups is 2. The molecule has 0 fully saturated rings. The molecule has 0 aromatic rings. The lowest BCUT2D eigenvalue weighted by molar-refractivity contribution is -0.161. The van der Waals surface area contributed by atoms with Crippen LogP contribution >= 0.6 is 15.6 Å². The van der Waals surface area contributed by atoms with Crippen LogP contribution in [0.2, 0.25) is 0 Å². The summed E-state index contributed by atoms with van der Waals surface area (Å²) in [6.45, 7) is 9.53. The molecular formula is C72H140O17P2. The van der Waals surface area contributed by atoms with E-state index < -0.39 is 97.5 Å².